The van der Waals surface area contributed by atoms with Crippen molar-refractivity contribution < 1.29 is 41.6 Å². The molecule has 1 aliphatic rings. The van der Waals surface area contributed by atoms with Crippen LogP contribution in [0.25, 0.3) is 22.5 Å². The lowest BCUT2D eigenvalue weighted by Crippen LogP contribution is -2.44. The second-order valence-electron chi connectivity index (χ2n) is 13.1. The Bertz CT molecular complexity index is 2040. The molecule has 0 aliphatic carbocycles. The number of hydrogen-bond donors (Lipinski definition) is 0. The Morgan fingerprint density at radius 3 is 1.45 bits per heavy atom. The predicted molar refractivity (Wildman–Crippen MR) is 226 cm³/mol. The van der Waals surface area contributed by atoms with Gasteiger partial charge >= 0.3 is 6.18 Å². The van der Waals surface area contributed by atoms with E-state index in [2.05, 4.69) is 25.8 Å². The van der Waals surface area contributed by atoms with Crippen molar-refractivity contribution in [2.24, 2.45) is 0 Å². The zero-order valence-electron chi connectivity index (χ0n) is 33.0. The van der Waals surface area contributed by atoms with Crippen LogP contribution < -0.4 is 33.3 Å². The Morgan fingerprint density at radius 2 is 1.03 bits per heavy atom. The second-order valence-corrected chi connectivity index (χ2v) is 13.1. The number of nitrogens with zero attached hydrogens (tertiary/aromatic N) is 4. The molecule has 0 N–H and O–H groups in total. The molecule has 1 aliphatic heterocycles. The monoisotopic (exact) mass is 866 g/mol. The van der Waals surface area contributed by atoms with E-state index >= 15 is 0 Å². The Kier molecular flexibility index (Phi) is 17.4. The molecule has 0 bridgehead atoms. The van der Waals surface area contributed by atoms with E-state index in [0.717, 1.165) is 78.2 Å². The van der Waals surface area contributed by atoms with E-state index in [0.29, 0.717) is 46.7 Å². The molecular formula is C42H48Cl3F3N4O6. The summed E-state index contributed by atoms with van der Waals surface area (Å²) >= 11 is 0. The van der Waals surface area contributed by atoms with Crippen LogP contribution in [0.2, 0.25) is 0 Å². The molecule has 10 nitrogen and oxygen atoms in total. The summed E-state index contributed by atoms with van der Waals surface area (Å²) in [7, 11) is 9.40. The number of methoxy groups -OCH3 is 6. The number of rotatable bonds is 14. The summed E-state index contributed by atoms with van der Waals surface area (Å²) in [5.74, 6) is 3.10. The van der Waals surface area contributed by atoms with Crippen LogP contribution >= 0.6 is 37.2 Å². The number of ether oxygens (including phenoxy) is 6. The number of benzene rings is 3. The fourth-order valence-electron chi connectivity index (χ4n) is 7.04. The lowest BCUT2D eigenvalue weighted by molar-refractivity contribution is -0.137. The first-order chi connectivity index (χ1) is 26.6. The molecule has 1 fully saturated rings. The van der Waals surface area contributed by atoms with Crippen molar-refractivity contribution >= 4 is 42.9 Å². The third-order valence-electron chi connectivity index (χ3n) is 9.85. The maximum Gasteiger partial charge on any atom is 0.416 e. The van der Waals surface area contributed by atoms with Gasteiger partial charge in [0.2, 0.25) is 11.5 Å². The molecule has 1 saturated heterocycles. The molecule has 58 heavy (non-hydrogen) atoms. The number of anilines is 1. The highest BCUT2D eigenvalue weighted by Gasteiger charge is 2.31. The smallest absolute Gasteiger partial charge is 0.416 e. The van der Waals surface area contributed by atoms with E-state index in [9.17, 15) is 13.2 Å². The molecule has 0 amide bonds. The fourth-order valence-corrected chi connectivity index (χ4v) is 7.04. The minimum atomic E-state index is -4.42. The van der Waals surface area contributed by atoms with Crippen molar-refractivity contribution in [3.05, 3.63) is 102 Å². The summed E-state index contributed by atoms with van der Waals surface area (Å²) in [5, 5.41) is 0. The molecule has 16 heteroatoms. The largest absolute Gasteiger partial charge is 0.493 e. The molecule has 2 aromatic heterocycles. The highest BCUT2D eigenvalue weighted by atomic mass is 35.5. The van der Waals surface area contributed by atoms with Gasteiger partial charge in [-0.15, -0.1) is 37.2 Å². The van der Waals surface area contributed by atoms with Gasteiger partial charge in [0.15, 0.2) is 23.0 Å². The number of pyridine rings is 2. The number of alkyl halides is 3. The van der Waals surface area contributed by atoms with E-state index in [1.54, 1.807) is 67.2 Å². The fraction of sp³-hybridized carbons (Fsp3) is 0.333. The van der Waals surface area contributed by atoms with Crippen LogP contribution in [0.5, 0.6) is 34.5 Å². The van der Waals surface area contributed by atoms with Gasteiger partial charge in [0.05, 0.1) is 59.6 Å². The Balaban J connectivity index is 0.00000300. The zero-order valence-corrected chi connectivity index (χ0v) is 35.4. The Hall–Kier alpha value is -4.82. The van der Waals surface area contributed by atoms with Gasteiger partial charge in [0, 0.05) is 61.4 Å². The van der Waals surface area contributed by atoms with Gasteiger partial charge in [-0.1, -0.05) is 0 Å². The average molecular weight is 868 g/mol. The molecule has 0 saturated carbocycles. The third-order valence-corrected chi connectivity index (χ3v) is 9.85. The van der Waals surface area contributed by atoms with Crippen molar-refractivity contribution in [3.8, 4) is 57.0 Å². The van der Waals surface area contributed by atoms with Crippen molar-refractivity contribution in [2.45, 2.75) is 38.1 Å². The van der Waals surface area contributed by atoms with E-state index < -0.39 is 11.7 Å². The van der Waals surface area contributed by atoms with E-state index in [-0.39, 0.29) is 43.3 Å². The summed E-state index contributed by atoms with van der Waals surface area (Å²) in [4.78, 5) is 13.8. The van der Waals surface area contributed by atoms with Crippen molar-refractivity contribution in [2.75, 3.05) is 60.6 Å². The van der Waals surface area contributed by atoms with E-state index in [4.69, 9.17) is 28.4 Å². The molecule has 0 unspecified atom stereocenters. The van der Waals surface area contributed by atoms with E-state index in [1.165, 1.54) is 0 Å². The maximum absolute atomic E-state index is 13.6. The minimum Gasteiger partial charge on any atom is -0.493 e. The number of aromatic nitrogens is 2. The van der Waals surface area contributed by atoms with Gasteiger partial charge in [-0.05, 0) is 96.8 Å². The Labute approximate surface area is 355 Å². The SMILES string of the molecule is COc1cc(-c2cc(CN3CCC(N(Cc4ccnc(-c5cc(OC)c(OC)c(OC)c5)c4)c4ccc(C(F)(F)F)cc4)CC3)ccn2)cc(OC)c1OC.Cl.Cl.Cl. The molecule has 5 aromatic rings. The highest BCUT2D eigenvalue weighted by Crippen LogP contribution is 2.42. The molecule has 0 radical (unpaired) electrons. The van der Waals surface area contributed by atoms with Crippen LogP contribution in [-0.4, -0.2) is 76.7 Å². The maximum atomic E-state index is 13.6. The topological polar surface area (TPSA) is 87.6 Å². The standard InChI is InChI=1S/C42H45F3N4O6.3ClH/c1-50-36-21-29(22-37(51-2)40(36)54-5)34-19-27(11-15-46-34)25-48-17-13-33(14-18-48)49(32-9-7-31(8-10-32)42(43,44)45)26-28-12-16-47-35(20-28)30-23-38(52-3)41(55-6)39(24-30)53-4;;;/h7-12,15-16,19-24,33H,13-14,17-18,25-26H2,1-6H3;3*1H. The van der Waals surface area contributed by atoms with Crippen LogP contribution in [0.3, 0.4) is 0 Å². The van der Waals surface area contributed by atoms with Crippen molar-refractivity contribution in [1.82, 2.24) is 14.9 Å². The van der Waals surface area contributed by atoms with Crippen LogP contribution in [0, 0.1) is 0 Å². The van der Waals surface area contributed by atoms with Crippen molar-refractivity contribution in [3.63, 3.8) is 0 Å². The molecule has 3 aromatic carbocycles. The van der Waals surface area contributed by atoms with Crippen LogP contribution in [0.4, 0.5) is 18.9 Å². The van der Waals surface area contributed by atoms with Crippen molar-refractivity contribution in [1.29, 1.82) is 0 Å². The molecule has 3 heterocycles. The predicted octanol–water partition coefficient (Wildman–Crippen LogP) is 9.82. The lowest BCUT2D eigenvalue weighted by Gasteiger charge is -2.40. The van der Waals surface area contributed by atoms with Gasteiger partial charge < -0.3 is 33.3 Å². The third kappa shape index (κ3) is 10.8. The highest BCUT2D eigenvalue weighted by molar-refractivity contribution is 5.86. The van der Waals surface area contributed by atoms with Gasteiger partial charge in [0.1, 0.15) is 0 Å². The van der Waals surface area contributed by atoms with Crippen LogP contribution in [0.1, 0.15) is 29.5 Å². The van der Waals surface area contributed by atoms with E-state index in [1.807, 2.05) is 42.5 Å². The van der Waals surface area contributed by atoms with Gasteiger partial charge in [-0.2, -0.15) is 13.2 Å². The molecule has 314 valence electrons. The summed E-state index contributed by atoms with van der Waals surface area (Å²) in [6.45, 7) is 2.79. The average Bonchev–Trinajstić information content (AvgIpc) is 3.21. The molecule has 0 spiro atoms. The number of piperidine rings is 1. The quantitative estimate of drug-likeness (QED) is 0.108. The molecule has 0 atom stereocenters. The first kappa shape index (κ1) is 47.6. The zero-order chi connectivity index (χ0) is 39.1. The van der Waals surface area contributed by atoms with Crippen LogP contribution in [0.15, 0.2) is 85.2 Å². The number of hydrogen-bond acceptors (Lipinski definition) is 10. The summed E-state index contributed by atoms with van der Waals surface area (Å²) in [6.07, 6.45) is 0.747. The lowest BCUT2D eigenvalue weighted by atomic mass is 9.99. The van der Waals surface area contributed by atoms with Gasteiger partial charge in [-0.3, -0.25) is 14.9 Å². The van der Waals surface area contributed by atoms with Gasteiger partial charge in [-0.25, -0.2) is 0 Å². The number of halogens is 6. The first-order valence-corrected chi connectivity index (χ1v) is 17.8. The number of likely N-dealkylation sites (tertiary alicyclic amines) is 1. The van der Waals surface area contributed by atoms with Gasteiger partial charge in [0.25, 0.3) is 0 Å². The summed E-state index contributed by atoms with van der Waals surface area (Å²) in [6, 6.07) is 21.0. The Morgan fingerprint density at radius 1 is 0.603 bits per heavy atom. The second kappa shape index (κ2) is 21.3. The summed E-state index contributed by atoms with van der Waals surface area (Å²) < 4.78 is 73.9. The summed E-state index contributed by atoms with van der Waals surface area (Å²) in [5.41, 5.74) is 5.20. The molecule has 6 rings (SSSR count). The first-order valence-electron chi connectivity index (χ1n) is 17.8. The normalized spacial score (nSPS) is 12.9. The molecular weight excluding hydrogens is 820 g/mol. The minimum absolute atomic E-state index is 0. The van der Waals surface area contributed by atoms with Crippen LogP contribution in [-0.2, 0) is 19.3 Å².